The highest BCUT2D eigenvalue weighted by molar-refractivity contribution is 7.84. The van der Waals surface area contributed by atoms with E-state index in [9.17, 15) is 21.9 Å². The number of amides is 1. The molecule has 0 aliphatic carbocycles. The smallest absolute Gasteiger partial charge is 0.426 e. The Balaban J connectivity index is 2.32. The van der Waals surface area contributed by atoms with Crippen LogP contribution in [0.5, 0.6) is 0 Å². The maximum atomic E-state index is 13.1. The Bertz CT molecular complexity index is 641. The van der Waals surface area contributed by atoms with E-state index in [0.29, 0.717) is 5.56 Å². The molecule has 1 aliphatic heterocycles. The van der Waals surface area contributed by atoms with Crippen molar-refractivity contribution in [3.05, 3.63) is 35.4 Å². The first-order valence-electron chi connectivity index (χ1n) is 5.43. The molecule has 1 aliphatic rings. The molecule has 1 heterocycles. The second-order valence-corrected chi connectivity index (χ2v) is 5.16. The predicted octanol–water partition coefficient (Wildman–Crippen LogP) is 1.18. The van der Waals surface area contributed by atoms with Gasteiger partial charge in [0.25, 0.3) is 0 Å². The number of hydrogen-bond acceptors (Lipinski definition) is 6. The van der Waals surface area contributed by atoms with Crippen molar-refractivity contribution in [3.63, 3.8) is 0 Å². The van der Waals surface area contributed by atoms with Crippen LogP contribution in [0.15, 0.2) is 24.3 Å². The summed E-state index contributed by atoms with van der Waals surface area (Å²) >= 11 is 0. The highest BCUT2D eigenvalue weighted by Gasteiger charge is 2.43. The number of esters is 1. The molecule has 7 nitrogen and oxygen atoms in total. The quantitative estimate of drug-likeness (QED) is 0.615. The molecule has 108 valence electrons. The number of rotatable bonds is 3. The summed E-state index contributed by atoms with van der Waals surface area (Å²) in [5.41, 5.74) is 0.570. The third-order valence-electron chi connectivity index (χ3n) is 2.78. The average molecular weight is 303 g/mol. The highest BCUT2D eigenvalue weighted by atomic mass is 32.3. The lowest BCUT2D eigenvalue weighted by atomic mass is 10.1. The van der Waals surface area contributed by atoms with Gasteiger partial charge in [-0.3, -0.25) is 0 Å². The van der Waals surface area contributed by atoms with Gasteiger partial charge in [-0.05, 0) is 17.7 Å². The van der Waals surface area contributed by atoms with E-state index in [1.165, 1.54) is 31.4 Å². The number of hydrogen-bond donors (Lipinski definition) is 0. The summed E-state index contributed by atoms with van der Waals surface area (Å²) in [5.74, 6) is -0.565. The third kappa shape index (κ3) is 2.57. The number of nitrogens with zero attached hydrogens (tertiary/aromatic N) is 1. The molecule has 1 fully saturated rings. The Hall–Kier alpha value is -2.16. The molecule has 0 saturated carbocycles. The topological polar surface area (TPSA) is 90.0 Å². The zero-order valence-corrected chi connectivity index (χ0v) is 11.1. The fourth-order valence-corrected chi connectivity index (χ4v) is 2.56. The lowest BCUT2D eigenvalue weighted by Crippen LogP contribution is -2.31. The molecule has 9 heteroatoms. The van der Waals surface area contributed by atoms with Crippen molar-refractivity contribution in [1.29, 1.82) is 0 Å². The van der Waals surface area contributed by atoms with Crippen molar-refractivity contribution in [2.24, 2.45) is 0 Å². The summed E-state index contributed by atoms with van der Waals surface area (Å²) in [6.45, 7) is -0.292. The molecule has 0 N–H and O–H groups in total. The van der Waals surface area contributed by atoms with Crippen LogP contribution < -0.4 is 0 Å². The lowest BCUT2D eigenvalue weighted by Gasteiger charge is -2.16. The maximum absolute atomic E-state index is 13.1. The van der Waals surface area contributed by atoms with Crippen LogP contribution in [0.1, 0.15) is 22.0 Å². The molecule has 1 amide bonds. The van der Waals surface area contributed by atoms with Crippen molar-refractivity contribution in [1.82, 2.24) is 4.31 Å². The summed E-state index contributed by atoms with van der Waals surface area (Å²) in [4.78, 5) is 22.5. The van der Waals surface area contributed by atoms with Crippen molar-refractivity contribution in [3.8, 4) is 0 Å². The maximum Gasteiger partial charge on any atom is 0.426 e. The number of ether oxygens (including phenoxy) is 2. The van der Waals surface area contributed by atoms with E-state index in [1.807, 2.05) is 0 Å². The SMILES string of the molecule is COC(=O)c1ccc([C@H]2COC(=O)N2S(=O)(=O)F)cc1. The van der Waals surface area contributed by atoms with Gasteiger partial charge in [0.15, 0.2) is 0 Å². The fourth-order valence-electron chi connectivity index (χ4n) is 1.84. The second kappa shape index (κ2) is 5.08. The van der Waals surface area contributed by atoms with Crippen LogP contribution in [0.25, 0.3) is 0 Å². The van der Waals surface area contributed by atoms with Crippen LogP contribution in [0.3, 0.4) is 0 Å². The summed E-state index contributed by atoms with van der Waals surface area (Å²) in [6, 6.07) is 4.47. The van der Waals surface area contributed by atoms with Crippen LogP contribution in [-0.2, 0) is 19.9 Å². The van der Waals surface area contributed by atoms with E-state index in [4.69, 9.17) is 0 Å². The van der Waals surface area contributed by atoms with Gasteiger partial charge in [-0.2, -0.15) is 12.7 Å². The number of methoxy groups -OCH3 is 1. The van der Waals surface area contributed by atoms with Gasteiger partial charge in [0.2, 0.25) is 0 Å². The van der Waals surface area contributed by atoms with E-state index in [1.54, 1.807) is 0 Å². The van der Waals surface area contributed by atoms with Gasteiger partial charge in [-0.1, -0.05) is 16.0 Å². The first kappa shape index (κ1) is 14.3. The molecular formula is C11H10FNO6S. The molecule has 0 radical (unpaired) electrons. The predicted molar refractivity (Wildman–Crippen MR) is 63.7 cm³/mol. The molecule has 1 saturated heterocycles. The van der Waals surface area contributed by atoms with E-state index in [-0.39, 0.29) is 16.5 Å². The Morgan fingerprint density at radius 3 is 2.50 bits per heavy atom. The zero-order valence-electron chi connectivity index (χ0n) is 10.3. The molecule has 20 heavy (non-hydrogen) atoms. The Kier molecular flexibility index (Phi) is 3.62. The largest absolute Gasteiger partial charge is 0.465 e. The number of carbonyl (C=O) groups is 2. The molecule has 1 atom stereocenters. The minimum atomic E-state index is -5.21. The van der Waals surface area contributed by atoms with Crippen LogP contribution in [0.2, 0.25) is 0 Å². The summed E-state index contributed by atoms with van der Waals surface area (Å²) in [7, 11) is -3.99. The average Bonchev–Trinajstić information content (AvgIpc) is 2.80. The number of carbonyl (C=O) groups excluding carboxylic acids is 2. The van der Waals surface area contributed by atoms with Crippen LogP contribution >= 0.6 is 0 Å². The van der Waals surface area contributed by atoms with Gasteiger partial charge in [-0.25, -0.2) is 9.59 Å². The van der Waals surface area contributed by atoms with Gasteiger partial charge >= 0.3 is 22.5 Å². The monoisotopic (exact) mass is 303 g/mol. The number of benzene rings is 1. The van der Waals surface area contributed by atoms with E-state index < -0.39 is 28.5 Å². The van der Waals surface area contributed by atoms with Crippen LogP contribution in [0.4, 0.5) is 8.68 Å². The van der Waals surface area contributed by atoms with E-state index in [2.05, 4.69) is 9.47 Å². The Morgan fingerprint density at radius 2 is 2.00 bits per heavy atom. The minimum Gasteiger partial charge on any atom is -0.465 e. The van der Waals surface area contributed by atoms with E-state index >= 15 is 0 Å². The lowest BCUT2D eigenvalue weighted by molar-refractivity contribution is 0.0600. The second-order valence-electron chi connectivity index (χ2n) is 3.94. The Labute approximate surface area is 114 Å². The van der Waals surface area contributed by atoms with Crippen LogP contribution in [-0.4, -0.2) is 38.5 Å². The zero-order chi connectivity index (χ0) is 14.9. The van der Waals surface area contributed by atoms with Crippen LogP contribution in [0, 0.1) is 0 Å². The van der Waals surface area contributed by atoms with Gasteiger partial charge in [0.1, 0.15) is 12.6 Å². The molecular weight excluding hydrogens is 293 g/mol. The molecule has 0 aromatic heterocycles. The first-order valence-corrected chi connectivity index (χ1v) is 6.77. The van der Waals surface area contributed by atoms with Gasteiger partial charge < -0.3 is 9.47 Å². The molecule has 2 rings (SSSR count). The third-order valence-corrected chi connectivity index (χ3v) is 3.65. The standard InChI is InChI=1S/C11H10FNO6S/c1-18-10(14)8-4-2-7(3-5-8)9-6-19-11(15)13(9)20(12,16)17/h2-5,9H,6H2,1H3/t9-/m1/s1. The molecule has 0 bridgehead atoms. The van der Waals surface area contributed by atoms with Crippen molar-refractivity contribution in [2.75, 3.05) is 13.7 Å². The fraction of sp³-hybridized carbons (Fsp3) is 0.273. The summed E-state index contributed by atoms with van der Waals surface area (Å²) in [5, 5.41) is 0. The Morgan fingerprint density at radius 1 is 1.40 bits per heavy atom. The van der Waals surface area contributed by atoms with Gasteiger partial charge in [-0.15, -0.1) is 0 Å². The first-order chi connectivity index (χ1) is 9.34. The number of halogens is 1. The molecule has 0 spiro atoms. The normalized spacial score (nSPS) is 18.8. The van der Waals surface area contributed by atoms with Gasteiger partial charge in [0, 0.05) is 0 Å². The number of cyclic esters (lactones) is 1. The minimum absolute atomic E-state index is 0.0279. The molecule has 1 aromatic carbocycles. The van der Waals surface area contributed by atoms with E-state index in [0.717, 1.165) is 0 Å². The molecule has 1 aromatic rings. The van der Waals surface area contributed by atoms with Crippen molar-refractivity contribution >= 4 is 22.5 Å². The summed E-state index contributed by atoms with van der Waals surface area (Å²) in [6.07, 6.45) is -1.27. The van der Waals surface area contributed by atoms with Crippen molar-refractivity contribution < 1.29 is 31.4 Å². The van der Waals surface area contributed by atoms with Gasteiger partial charge in [0.05, 0.1) is 12.7 Å². The molecule has 0 unspecified atom stereocenters. The summed E-state index contributed by atoms with van der Waals surface area (Å²) < 4.78 is 44.0. The highest BCUT2D eigenvalue weighted by Crippen LogP contribution is 2.31. The van der Waals surface area contributed by atoms with Crippen molar-refractivity contribution in [2.45, 2.75) is 6.04 Å².